The Hall–Kier alpha value is -0.150. The largest absolute Gasteiger partial charge is 0.372 e. The molecule has 0 bridgehead atoms. The second-order valence-corrected chi connectivity index (χ2v) is 3.28. The summed E-state index contributed by atoms with van der Waals surface area (Å²) in [6.45, 7) is 2.99. The Labute approximate surface area is 65.7 Å². The summed E-state index contributed by atoms with van der Waals surface area (Å²) >= 11 is 0. The van der Waals surface area contributed by atoms with Crippen LogP contribution in [-0.2, 0) is 9.47 Å². The molecule has 0 radical (unpaired) electrons. The molecule has 64 valence electrons. The minimum absolute atomic E-state index is 0.0370. The first-order chi connectivity index (χ1) is 5.33. The maximum absolute atomic E-state index is 12.9. The van der Waals surface area contributed by atoms with Gasteiger partial charge in [-0.25, -0.2) is 4.39 Å². The molecule has 2 heterocycles. The van der Waals surface area contributed by atoms with E-state index in [9.17, 15) is 4.39 Å². The fourth-order valence-electron chi connectivity index (χ4n) is 1.88. The second kappa shape index (κ2) is 2.72. The highest BCUT2D eigenvalue weighted by molar-refractivity contribution is 4.93. The minimum atomic E-state index is -0.892. The molecular weight excluding hydrogens is 147 g/mol. The van der Waals surface area contributed by atoms with Gasteiger partial charge in [-0.2, -0.15) is 0 Å². The van der Waals surface area contributed by atoms with Crippen LogP contribution in [0.4, 0.5) is 4.39 Å². The van der Waals surface area contributed by atoms with E-state index in [2.05, 4.69) is 6.92 Å². The standard InChI is InChI=1S/C8H13FO2/c1-2-5-3-10-8-6(9)4-11-7(5)8/h5-8H,2-4H2,1H3/t5-,6+,7-,8-/m0/s1. The Balaban J connectivity index is 2.04. The molecule has 0 aromatic carbocycles. The predicted octanol–water partition coefficient (Wildman–Crippen LogP) is 1.15. The SMILES string of the molecule is CC[C@H]1CO[C@@H]2[C@H]1OC[C@H]2F. The first-order valence-corrected chi connectivity index (χ1v) is 4.20. The van der Waals surface area contributed by atoms with Crippen LogP contribution in [0.1, 0.15) is 13.3 Å². The quantitative estimate of drug-likeness (QED) is 0.573. The molecule has 0 amide bonds. The molecule has 4 atom stereocenters. The van der Waals surface area contributed by atoms with E-state index in [1.165, 1.54) is 0 Å². The maximum Gasteiger partial charge on any atom is 0.152 e. The zero-order valence-electron chi connectivity index (χ0n) is 6.63. The monoisotopic (exact) mass is 160 g/mol. The van der Waals surface area contributed by atoms with Crippen molar-refractivity contribution in [3.8, 4) is 0 Å². The van der Waals surface area contributed by atoms with Crippen molar-refractivity contribution in [3.05, 3.63) is 0 Å². The van der Waals surface area contributed by atoms with Crippen molar-refractivity contribution in [1.82, 2.24) is 0 Å². The van der Waals surface area contributed by atoms with E-state index < -0.39 is 6.17 Å². The van der Waals surface area contributed by atoms with Crippen LogP contribution in [0.5, 0.6) is 0 Å². The van der Waals surface area contributed by atoms with E-state index in [-0.39, 0.29) is 18.8 Å². The van der Waals surface area contributed by atoms with Crippen LogP contribution in [0.25, 0.3) is 0 Å². The normalized spacial score (nSPS) is 49.6. The lowest BCUT2D eigenvalue weighted by Crippen LogP contribution is -2.26. The first kappa shape index (κ1) is 7.50. The van der Waals surface area contributed by atoms with Crippen LogP contribution < -0.4 is 0 Å². The summed E-state index contributed by atoms with van der Waals surface area (Å²) in [5, 5.41) is 0. The minimum Gasteiger partial charge on any atom is -0.372 e. The summed E-state index contributed by atoms with van der Waals surface area (Å²) in [7, 11) is 0. The van der Waals surface area contributed by atoms with Crippen molar-refractivity contribution in [2.24, 2.45) is 5.92 Å². The number of hydrogen-bond acceptors (Lipinski definition) is 2. The maximum atomic E-state index is 12.9. The Morgan fingerprint density at radius 1 is 1.27 bits per heavy atom. The van der Waals surface area contributed by atoms with Crippen molar-refractivity contribution in [3.63, 3.8) is 0 Å². The molecule has 2 fully saturated rings. The van der Waals surface area contributed by atoms with Gasteiger partial charge in [0.2, 0.25) is 0 Å². The number of halogens is 1. The lowest BCUT2D eigenvalue weighted by molar-refractivity contribution is 0.0541. The fraction of sp³-hybridized carbons (Fsp3) is 1.00. The highest BCUT2D eigenvalue weighted by atomic mass is 19.1. The average Bonchev–Trinajstić information content (AvgIpc) is 2.53. The van der Waals surface area contributed by atoms with Crippen LogP contribution in [-0.4, -0.2) is 31.6 Å². The zero-order chi connectivity index (χ0) is 7.84. The highest BCUT2D eigenvalue weighted by Crippen LogP contribution is 2.33. The summed E-state index contributed by atoms with van der Waals surface area (Å²) in [6.07, 6.45) is -0.0973. The molecule has 3 heteroatoms. The average molecular weight is 160 g/mol. The Morgan fingerprint density at radius 2 is 2.00 bits per heavy atom. The Morgan fingerprint density at radius 3 is 2.73 bits per heavy atom. The number of ether oxygens (including phenoxy) is 2. The predicted molar refractivity (Wildman–Crippen MR) is 38.2 cm³/mol. The van der Waals surface area contributed by atoms with Gasteiger partial charge < -0.3 is 9.47 Å². The van der Waals surface area contributed by atoms with Gasteiger partial charge in [0.15, 0.2) is 6.17 Å². The summed E-state index contributed by atoms with van der Waals surface area (Å²) in [4.78, 5) is 0. The molecule has 0 aromatic heterocycles. The molecule has 2 rings (SSSR count). The number of fused-ring (bicyclic) bond motifs is 1. The third-order valence-corrected chi connectivity index (χ3v) is 2.62. The summed E-state index contributed by atoms with van der Waals surface area (Å²) < 4.78 is 23.5. The van der Waals surface area contributed by atoms with Crippen molar-refractivity contribution in [2.75, 3.05) is 13.2 Å². The van der Waals surface area contributed by atoms with Crippen LogP contribution in [0.3, 0.4) is 0 Å². The van der Waals surface area contributed by atoms with Gasteiger partial charge in [0, 0.05) is 5.92 Å². The number of rotatable bonds is 1. The van der Waals surface area contributed by atoms with Gasteiger partial charge in [0.05, 0.1) is 19.3 Å². The fourth-order valence-corrected chi connectivity index (χ4v) is 1.88. The Bertz CT molecular complexity index is 151. The van der Waals surface area contributed by atoms with Crippen molar-refractivity contribution >= 4 is 0 Å². The molecule has 2 saturated heterocycles. The van der Waals surface area contributed by atoms with Gasteiger partial charge >= 0.3 is 0 Å². The summed E-state index contributed by atoms with van der Waals surface area (Å²) in [6, 6.07) is 0. The first-order valence-electron chi connectivity index (χ1n) is 4.20. The topological polar surface area (TPSA) is 18.5 Å². The molecule has 0 saturated carbocycles. The smallest absolute Gasteiger partial charge is 0.152 e. The third-order valence-electron chi connectivity index (χ3n) is 2.62. The van der Waals surface area contributed by atoms with Gasteiger partial charge in [-0.05, 0) is 6.42 Å². The van der Waals surface area contributed by atoms with E-state index >= 15 is 0 Å². The lowest BCUT2D eigenvalue weighted by atomic mass is 9.99. The number of hydrogen-bond donors (Lipinski definition) is 0. The van der Waals surface area contributed by atoms with E-state index in [1.807, 2.05) is 0 Å². The second-order valence-electron chi connectivity index (χ2n) is 3.28. The third kappa shape index (κ3) is 1.07. The van der Waals surface area contributed by atoms with E-state index in [1.54, 1.807) is 0 Å². The molecule has 0 aliphatic carbocycles. The molecule has 0 unspecified atom stereocenters. The van der Waals surface area contributed by atoms with Gasteiger partial charge in [0.1, 0.15) is 6.10 Å². The summed E-state index contributed by atoms with van der Waals surface area (Å²) in [5.41, 5.74) is 0. The molecule has 0 N–H and O–H groups in total. The molecule has 2 aliphatic heterocycles. The van der Waals surface area contributed by atoms with E-state index in [4.69, 9.17) is 9.47 Å². The van der Waals surface area contributed by atoms with Gasteiger partial charge in [0.25, 0.3) is 0 Å². The van der Waals surface area contributed by atoms with Crippen molar-refractivity contribution in [1.29, 1.82) is 0 Å². The van der Waals surface area contributed by atoms with E-state index in [0.29, 0.717) is 12.5 Å². The van der Waals surface area contributed by atoms with Crippen molar-refractivity contribution in [2.45, 2.75) is 31.7 Å². The van der Waals surface area contributed by atoms with Crippen LogP contribution in [0, 0.1) is 5.92 Å². The molecule has 2 nitrogen and oxygen atoms in total. The number of alkyl halides is 1. The highest BCUT2D eigenvalue weighted by Gasteiger charge is 2.46. The van der Waals surface area contributed by atoms with E-state index in [0.717, 1.165) is 6.42 Å². The van der Waals surface area contributed by atoms with Gasteiger partial charge in [-0.3, -0.25) is 0 Å². The van der Waals surface area contributed by atoms with Gasteiger partial charge in [-0.1, -0.05) is 6.92 Å². The zero-order valence-corrected chi connectivity index (χ0v) is 6.63. The van der Waals surface area contributed by atoms with Crippen LogP contribution in [0.15, 0.2) is 0 Å². The molecular formula is C8H13FO2. The molecule has 2 aliphatic rings. The molecule has 0 spiro atoms. The molecule has 11 heavy (non-hydrogen) atoms. The summed E-state index contributed by atoms with van der Waals surface area (Å²) in [5.74, 6) is 0.417. The molecule has 0 aromatic rings. The van der Waals surface area contributed by atoms with Gasteiger partial charge in [-0.15, -0.1) is 0 Å². The van der Waals surface area contributed by atoms with Crippen LogP contribution >= 0.6 is 0 Å². The Kier molecular flexibility index (Phi) is 1.85. The van der Waals surface area contributed by atoms with Crippen molar-refractivity contribution < 1.29 is 13.9 Å². The van der Waals surface area contributed by atoms with Crippen LogP contribution in [0.2, 0.25) is 0 Å². The lowest BCUT2D eigenvalue weighted by Gasteiger charge is -2.12.